The molecule has 1 aromatic carbocycles. The lowest BCUT2D eigenvalue weighted by Crippen LogP contribution is -2.32. The first-order chi connectivity index (χ1) is 23.5. The summed E-state index contributed by atoms with van der Waals surface area (Å²) in [5, 5.41) is 29.6. The molecule has 0 aliphatic carbocycles. The van der Waals surface area contributed by atoms with Crippen LogP contribution < -0.4 is 11.1 Å². The highest BCUT2D eigenvalue weighted by atomic mass is 16.4. The van der Waals surface area contributed by atoms with E-state index in [1.807, 2.05) is 0 Å². The maximum Gasteiger partial charge on any atom is 0.310 e. The number of hydrogen-bond acceptors (Lipinski definition) is 7. The number of hydrogen-bond donors (Lipinski definition) is 5. The second-order valence-corrected chi connectivity index (χ2v) is 12.9. The van der Waals surface area contributed by atoms with Gasteiger partial charge in [-0.15, -0.1) is 0 Å². The van der Waals surface area contributed by atoms with E-state index >= 15 is 0 Å². The summed E-state index contributed by atoms with van der Waals surface area (Å²) in [6.45, 7) is 1.08. The number of carboxylic acid groups (broad SMARTS) is 3. The van der Waals surface area contributed by atoms with E-state index in [0.29, 0.717) is 50.8 Å². The first-order valence-electron chi connectivity index (χ1n) is 18.1. The maximum absolute atomic E-state index is 13.0. The molecule has 49 heavy (non-hydrogen) atoms. The molecular weight excluding hydrogens is 630 g/mol. The molecule has 0 saturated heterocycles. The van der Waals surface area contributed by atoms with Crippen molar-refractivity contribution < 1.29 is 44.1 Å². The average molecular weight is 690 g/mol. The van der Waals surface area contributed by atoms with Crippen molar-refractivity contribution >= 4 is 35.5 Å². The number of rotatable bonds is 31. The van der Waals surface area contributed by atoms with Gasteiger partial charge in [0, 0.05) is 44.0 Å². The number of nitrogens with one attached hydrogen (secondary N) is 1. The molecule has 0 radical (unpaired) electrons. The fraction of sp³-hybridized carbons (Fsp3) is 0.676. The number of benzene rings is 1. The lowest BCUT2D eigenvalue weighted by molar-refractivity contribution is -0.142. The molecule has 0 aliphatic rings. The standard InChI is InChI=1S/C37H59N3O9/c38-24-22-30(32(41)27-36(47)48)15-13-14-25-39-37(49)31-20-18-29(19-21-31)28-40(26-23-35(45)46)33(42)16-11-9-7-5-3-1-2-4-6-8-10-12-17-34(43)44/h18-21,30H,1-17,22-28,38H2,(H,39,49)(H,43,44)(H,45,46)(H,47,48)/t30-/m1/s1. The minimum absolute atomic E-state index is 0.0789. The third-order valence-corrected chi connectivity index (χ3v) is 8.63. The van der Waals surface area contributed by atoms with Gasteiger partial charge in [-0.05, 0) is 56.3 Å². The second kappa shape index (κ2) is 27.1. The molecular formula is C37H59N3O9. The van der Waals surface area contributed by atoms with Crippen LogP contribution in [-0.2, 0) is 30.5 Å². The molecule has 0 aromatic heterocycles. The van der Waals surface area contributed by atoms with Crippen LogP contribution in [-0.4, -0.2) is 75.4 Å². The Bertz CT molecular complexity index is 1140. The number of amides is 2. The lowest BCUT2D eigenvalue weighted by atomic mass is 9.92. The highest BCUT2D eigenvalue weighted by Gasteiger charge is 2.20. The molecule has 0 spiro atoms. The Hall–Kier alpha value is -3.80. The fourth-order valence-corrected chi connectivity index (χ4v) is 5.76. The van der Waals surface area contributed by atoms with Crippen LogP contribution in [0.25, 0.3) is 0 Å². The summed E-state index contributed by atoms with van der Waals surface area (Å²) in [4.78, 5) is 71.9. The number of ketones is 1. The van der Waals surface area contributed by atoms with E-state index in [1.54, 1.807) is 29.2 Å². The van der Waals surface area contributed by atoms with Gasteiger partial charge < -0.3 is 31.3 Å². The van der Waals surface area contributed by atoms with Gasteiger partial charge in [-0.3, -0.25) is 28.8 Å². The van der Waals surface area contributed by atoms with Crippen molar-refractivity contribution in [3.63, 3.8) is 0 Å². The number of Topliss-reactive ketones (excluding diaryl/α,β-unsaturated/α-hetero) is 1. The highest BCUT2D eigenvalue weighted by Crippen LogP contribution is 2.17. The number of nitrogens with zero attached hydrogens (tertiary/aromatic N) is 1. The monoisotopic (exact) mass is 689 g/mol. The van der Waals surface area contributed by atoms with Crippen molar-refractivity contribution in [3.05, 3.63) is 35.4 Å². The summed E-state index contributed by atoms with van der Waals surface area (Å²) in [6, 6.07) is 6.88. The molecule has 0 saturated carbocycles. The fourth-order valence-electron chi connectivity index (χ4n) is 5.76. The van der Waals surface area contributed by atoms with Crippen LogP contribution in [0.4, 0.5) is 0 Å². The van der Waals surface area contributed by atoms with Gasteiger partial charge in [0.2, 0.25) is 5.91 Å². The smallest absolute Gasteiger partial charge is 0.310 e. The number of nitrogens with two attached hydrogens (primary N) is 1. The van der Waals surface area contributed by atoms with E-state index in [-0.39, 0.29) is 43.5 Å². The first-order valence-corrected chi connectivity index (χ1v) is 18.1. The number of carboxylic acids is 3. The molecule has 0 bridgehead atoms. The Morgan fingerprint density at radius 2 is 1.16 bits per heavy atom. The van der Waals surface area contributed by atoms with Crippen LogP contribution in [0.2, 0.25) is 0 Å². The minimum atomic E-state index is -1.15. The predicted octanol–water partition coefficient (Wildman–Crippen LogP) is 5.94. The number of unbranched alkanes of at least 4 members (excludes halogenated alkanes) is 12. The van der Waals surface area contributed by atoms with Crippen molar-refractivity contribution in [2.45, 2.75) is 135 Å². The minimum Gasteiger partial charge on any atom is -0.481 e. The Kier molecular flexibility index (Phi) is 23.9. The van der Waals surface area contributed by atoms with E-state index in [1.165, 1.54) is 25.7 Å². The molecule has 1 rings (SSSR count). The molecule has 12 heteroatoms. The van der Waals surface area contributed by atoms with Crippen LogP contribution in [0, 0.1) is 5.92 Å². The number of carbonyl (C=O) groups is 6. The van der Waals surface area contributed by atoms with Crippen molar-refractivity contribution in [1.82, 2.24) is 10.2 Å². The molecule has 0 heterocycles. The zero-order chi connectivity index (χ0) is 36.3. The van der Waals surface area contributed by atoms with Crippen LogP contribution in [0.3, 0.4) is 0 Å². The molecule has 0 fully saturated rings. The van der Waals surface area contributed by atoms with Gasteiger partial charge in [-0.25, -0.2) is 0 Å². The summed E-state index contributed by atoms with van der Waals surface area (Å²) >= 11 is 0. The SMILES string of the molecule is NCC[C@@H](CCCCNC(=O)c1ccc(CN(CCC(=O)O)C(=O)CCCCCCCCCCCCCCC(=O)O)cc1)C(=O)CC(=O)O. The molecule has 1 aromatic rings. The van der Waals surface area contributed by atoms with E-state index in [4.69, 9.17) is 15.9 Å². The zero-order valence-electron chi connectivity index (χ0n) is 29.2. The van der Waals surface area contributed by atoms with Crippen molar-refractivity contribution in [2.24, 2.45) is 11.7 Å². The van der Waals surface area contributed by atoms with Gasteiger partial charge in [0.15, 0.2) is 0 Å². The molecule has 276 valence electrons. The quantitative estimate of drug-likeness (QED) is 0.0458. The van der Waals surface area contributed by atoms with Crippen molar-refractivity contribution in [3.8, 4) is 0 Å². The van der Waals surface area contributed by atoms with Crippen LogP contribution >= 0.6 is 0 Å². The van der Waals surface area contributed by atoms with Gasteiger partial charge in [0.05, 0.1) is 6.42 Å². The van der Waals surface area contributed by atoms with E-state index in [0.717, 1.165) is 56.9 Å². The van der Waals surface area contributed by atoms with Gasteiger partial charge in [0.1, 0.15) is 12.2 Å². The predicted molar refractivity (Wildman–Crippen MR) is 187 cm³/mol. The Balaban J connectivity index is 2.37. The molecule has 2 amide bonds. The van der Waals surface area contributed by atoms with Crippen molar-refractivity contribution in [1.29, 1.82) is 0 Å². The second-order valence-electron chi connectivity index (χ2n) is 12.9. The van der Waals surface area contributed by atoms with E-state index < -0.39 is 30.2 Å². The number of aliphatic carboxylic acids is 3. The molecule has 0 aliphatic heterocycles. The lowest BCUT2D eigenvalue weighted by Gasteiger charge is -2.22. The Morgan fingerprint density at radius 1 is 0.633 bits per heavy atom. The first kappa shape index (κ1) is 43.2. The normalized spacial score (nSPS) is 11.5. The highest BCUT2D eigenvalue weighted by molar-refractivity contribution is 5.96. The topological polar surface area (TPSA) is 204 Å². The summed E-state index contributed by atoms with van der Waals surface area (Å²) in [7, 11) is 0. The van der Waals surface area contributed by atoms with Crippen LogP contribution in [0.1, 0.15) is 144 Å². The van der Waals surface area contributed by atoms with Crippen LogP contribution in [0.15, 0.2) is 24.3 Å². The van der Waals surface area contributed by atoms with Gasteiger partial charge in [-0.1, -0.05) is 82.8 Å². The van der Waals surface area contributed by atoms with E-state index in [9.17, 15) is 33.9 Å². The average Bonchev–Trinajstić information content (AvgIpc) is 3.05. The molecule has 0 unspecified atom stereocenters. The summed E-state index contributed by atoms with van der Waals surface area (Å²) in [6.07, 6.45) is 14.8. The summed E-state index contributed by atoms with van der Waals surface area (Å²) in [5.74, 6) is -3.88. The van der Waals surface area contributed by atoms with Crippen LogP contribution in [0.5, 0.6) is 0 Å². The van der Waals surface area contributed by atoms with E-state index in [2.05, 4.69) is 5.32 Å². The van der Waals surface area contributed by atoms with Gasteiger partial charge in [0.25, 0.3) is 5.91 Å². The van der Waals surface area contributed by atoms with Gasteiger partial charge >= 0.3 is 17.9 Å². The van der Waals surface area contributed by atoms with Gasteiger partial charge in [-0.2, -0.15) is 0 Å². The Labute approximate surface area is 291 Å². The molecule has 6 N–H and O–H groups in total. The molecule has 12 nitrogen and oxygen atoms in total. The molecule has 1 atom stereocenters. The third-order valence-electron chi connectivity index (χ3n) is 8.63. The van der Waals surface area contributed by atoms with Crippen molar-refractivity contribution in [2.75, 3.05) is 19.6 Å². The number of carbonyl (C=O) groups excluding carboxylic acids is 3. The summed E-state index contributed by atoms with van der Waals surface area (Å²) < 4.78 is 0. The Morgan fingerprint density at radius 3 is 1.67 bits per heavy atom. The maximum atomic E-state index is 13.0. The third kappa shape index (κ3) is 22.5. The largest absolute Gasteiger partial charge is 0.481 e. The zero-order valence-corrected chi connectivity index (χ0v) is 29.2. The summed E-state index contributed by atoms with van der Waals surface area (Å²) in [5.41, 5.74) is 6.82.